The number of nitrogens with one attached hydrogen (secondary N) is 1. The molecule has 1 fully saturated rings. The largest absolute Gasteiger partial charge is 0.481 e. The molecule has 1 heterocycles. The van der Waals surface area contributed by atoms with Gasteiger partial charge in [-0.05, 0) is 19.3 Å². The molecule has 0 aromatic heterocycles. The Labute approximate surface area is 139 Å². The lowest BCUT2D eigenvalue weighted by Crippen LogP contribution is -2.67. The van der Waals surface area contributed by atoms with Crippen molar-refractivity contribution in [3.8, 4) is 0 Å². The highest BCUT2D eigenvalue weighted by Crippen LogP contribution is 2.43. The minimum atomic E-state index is -5.16. The number of carboxylic acids is 2. The minimum Gasteiger partial charge on any atom is -0.481 e. The second-order valence-electron chi connectivity index (χ2n) is 5.51. The summed E-state index contributed by atoms with van der Waals surface area (Å²) in [6.45, 7) is -1.09. The van der Waals surface area contributed by atoms with Crippen molar-refractivity contribution < 1.29 is 42.6 Å². The number of nitrogens with two attached hydrogens (primary N) is 1. The summed E-state index contributed by atoms with van der Waals surface area (Å²) in [5.41, 5.74) is 1.88. The Bertz CT molecular complexity index is 568. The molecule has 0 aromatic carbocycles. The zero-order valence-corrected chi connectivity index (χ0v) is 13.0. The number of carbonyl (C=O) groups is 4. The molecule has 1 saturated heterocycles. The van der Waals surface area contributed by atoms with Gasteiger partial charge in [0.05, 0.1) is 6.54 Å². The summed E-state index contributed by atoms with van der Waals surface area (Å²) in [5, 5.41) is 19.3. The standard InChI is InChI=1S/C13H18F3N3O6/c14-13(15,16)12(4-1-5-19(12)8(20)6-17)11(25)18-7(10(23)24)2-3-9(21)22/h7H,1-6,17H2,(H,18,25)(H,21,22)(H,23,24)/t7-,12-/m0/s1. The van der Waals surface area contributed by atoms with E-state index in [0.29, 0.717) is 4.90 Å². The normalized spacial score (nSPS) is 21.7. The molecule has 25 heavy (non-hydrogen) atoms. The van der Waals surface area contributed by atoms with E-state index in [1.54, 1.807) is 5.32 Å². The van der Waals surface area contributed by atoms with E-state index in [1.807, 2.05) is 0 Å². The maximum atomic E-state index is 13.6. The zero-order chi connectivity index (χ0) is 19.4. The Balaban J connectivity index is 3.15. The number of nitrogens with zero attached hydrogens (tertiary/aromatic N) is 1. The van der Waals surface area contributed by atoms with Crippen LogP contribution in [0.25, 0.3) is 0 Å². The van der Waals surface area contributed by atoms with Crippen LogP contribution < -0.4 is 11.1 Å². The summed E-state index contributed by atoms with van der Waals surface area (Å²) in [6.07, 6.45) is -7.28. The van der Waals surface area contributed by atoms with E-state index in [-0.39, 0.29) is 13.0 Å². The van der Waals surface area contributed by atoms with Crippen molar-refractivity contribution in [1.82, 2.24) is 10.2 Å². The first kappa shape index (κ1) is 20.7. The van der Waals surface area contributed by atoms with Crippen LogP contribution in [0.1, 0.15) is 25.7 Å². The van der Waals surface area contributed by atoms with Crippen molar-refractivity contribution in [2.45, 2.75) is 43.4 Å². The first-order valence-electron chi connectivity index (χ1n) is 7.30. The lowest BCUT2D eigenvalue weighted by Gasteiger charge is -2.38. The third-order valence-electron chi connectivity index (χ3n) is 3.95. The average Bonchev–Trinajstić information content (AvgIpc) is 2.95. The smallest absolute Gasteiger partial charge is 0.420 e. The summed E-state index contributed by atoms with van der Waals surface area (Å²) in [5.74, 6) is -5.85. The number of likely N-dealkylation sites (tertiary alicyclic amines) is 1. The summed E-state index contributed by atoms with van der Waals surface area (Å²) >= 11 is 0. The molecule has 0 unspecified atom stereocenters. The van der Waals surface area contributed by atoms with Gasteiger partial charge in [-0.25, -0.2) is 4.79 Å². The lowest BCUT2D eigenvalue weighted by molar-refractivity contribution is -0.222. The Hall–Kier alpha value is -2.37. The molecule has 0 bridgehead atoms. The van der Waals surface area contributed by atoms with Crippen LogP contribution in [0, 0.1) is 0 Å². The Morgan fingerprint density at radius 1 is 1.24 bits per heavy atom. The van der Waals surface area contributed by atoms with Crippen LogP contribution in [-0.4, -0.2) is 69.7 Å². The number of carbonyl (C=O) groups excluding carboxylic acids is 2. The molecule has 2 amide bonds. The monoisotopic (exact) mass is 369 g/mol. The van der Waals surface area contributed by atoms with Gasteiger partial charge in [0.2, 0.25) is 11.4 Å². The van der Waals surface area contributed by atoms with E-state index in [1.165, 1.54) is 0 Å². The van der Waals surface area contributed by atoms with Gasteiger partial charge in [-0.2, -0.15) is 13.2 Å². The van der Waals surface area contributed by atoms with Gasteiger partial charge in [-0.15, -0.1) is 0 Å². The quantitative estimate of drug-likeness (QED) is 0.463. The van der Waals surface area contributed by atoms with Crippen molar-refractivity contribution in [3.05, 3.63) is 0 Å². The second-order valence-corrected chi connectivity index (χ2v) is 5.51. The van der Waals surface area contributed by atoms with E-state index < -0.39 is 67.3 Å². The predicted molar refractivity (Wildman–Crippen MR) is 75.2 cm³/mol. The van der Waals surface area contributed by atoms with E-state index in [2.05, 4.69) is 0 Å². The number of carboxylic acid groups (broad SMARTS) is 2. The zero-order valence-electron chi connectivity index (χ0n) is 13.0. The maximum absolute atomic E-state index is 13.6. The first-order chi connectivity index (χ1) is 11.5. The topological polar surface area (TPSA) is 150 Å². The van der Waals surface area contributed by atoms with Crippen molar-refractivity contribution in [3.63, 3.8) is 0 Å². The third-order valence-corrected chi connectivity index (χ3v) is 3.95. The maximum Gasteiger partial charge on any atom is 0.420 e. The van der Waals surface area contributed by atoms with Crippen LogP contribution in [0.15, 0.2) is 0 Å². The SMILES string of the molecule is NCC(=O)N1CCC[C@]1(C(=O)N[C@@H](CCC(=O)O)C(=O)O)C(F)(F)F. The molecular weight excluding hydrogens is 351 g/mol. The molecular formula is C13H18F3N3O6. The molecule has 0 spiro atoms. The molecule has 1 aliphatic rings. The van der Waals surface area contributed by atoms with Gasteiger partial charge in [-0.1, -0.05) is 0 Å². The molecule has 9 nitrogen and oxygen atoms in total. The molecule has 1 aliphatic heterocycles. The van der Waals surface area contributed by atoms with E-state index in [4.69, 9.17) is 15.9 Å². The summed E-state index contributed by atoms with van der Waals surface area (Å²) in [4.78, 5) is 46.0. The van der Waals surface area contributed by atoms with Crippen LogP contribution in [0.4, 0.5) is 13.2 Å². The Kier molecular flexibility index (Phi) is 6.35. The molecule has 0 saturated carbocycles. The highest BCUT2D eigenvalue weighted by atomic mass is 19.4. The predicted octanol–water partition coefficient (Wildman–Crippen LogP) is -0.697. The van der Waals surface area contributed by atoms with Crippen molar-refractivity contribution in [2.24, 2.45) is 5.73 Å². The van der Waals surface area contributed by atoms with Crippen LogP contribution in [0.5, 0.6) is 0 Å². The fourth-order valence-corrected chi connectivity index (χ4v) is 2.73. The van der Waals surface area contributed by atoms with Gasteiger partial charge in [0.15, 0.2) is 0 Å². The fourth-order valence-electron chi connectivity index (χ4n) is 2.73. The molecule has 5 N–H and O–H groups in total. The number of hydrogen-bond donors (Lipinski definition) is 4. The lowest BCUT2D eigenvalue weighted by atomic mass is 9.92. The highest BCUT2D eigenvalue weighted by molar-refractivity contribution is 5.95. The van der Waals surface area contributed by atoms with Crippen molar-refractivity contribution in [1.29, 1.82) is 0 Å². The minimum absolute atomic E-state index is 0.120. The van der Waals surface area contributed by atoms with Crippen molar-refractivity contribution >= 4 is 23.8 Å². The van der Waals surface area contributed by atoms with Crippen LogP contribution in [-0.2, 0) is 19.2 Å². The van der Waals surface area contributed by atoms with Crippen molar-refractivity contribution in [2.75, 3.05) is 13.1 Å². The first-order valence-corrected chi connectivity index (χ1v) is 7.30. The molecule has 2 atom stereocenters. The van der Waals surface area contributed by atoms with Crippen LogP contribution >= 0.6 is 0 Å². The van der Waals surface area contributed by atoms with Gasteiger partial charge in [0.1, 0.15) is 6.04 Å². The molecule has 0 aromatic rings. The number of aliphatic carboxylic acids is 2. The summed E-state index contributed by atoms with van der Waals surface area (Å²) in [6, 6.07) is -1.83. The third kappa shape index (κ3) is 4.18. The number of hydrogen-bond acceptors (Lipinski definition) is 5. The Morgan fingerprint density at radius 3 is 2.28 bits per heavy atom. The van der Waals surface area contributed by atoms with Gasteiger partial charge in [-0.3, -0.25) is 14.4 Å². The number of amides is 2. The Morgan fingerprint density at radius 2 is 1.84 bits per heavy atom. The number of rotatable bonds is 7. The molecule has 142 valence electrons. The molecule has 0 aliphatic carbocycles. The molecule has 1 rings (SSSR count). The number of alkyl halides is 3. The van der Waals surface area contributed by atoms with E-state index in [9.17, 15) is 32.3 Å². The van der Waals surface area contributed by atoms with E-state index in [0.717, 1.165) is 0 Å². The summed E-state index contributed by atoms with van der Waals surface area (Å²) < 4.78 is 40.9. The van der Waals surface area contributed by atoms with Gasteiger partial charge >= 0.3 is 18.1 Å². The number of halogens is 3. The van der Waals surface area contributed by atoms with E-state index >= 15 is 0 Å². The van der Waals surface area contributed by atoms with Gasteiger partial charge < -0.3 is 26.2 Å². The van der Waals surface area contributed by atoms with Gasteiger partial charge in [0.25, 0.3) is 5.91 Å². The molecule has 0 radical (unpaired) electrons. The average molecular weight is 369 g/mol. The van der Waals surface area contributed by atoms with Crippen LogP contribution in [0.3, 0.4) is 0 Å². The molecule has 12 heteroatoms. The summed E-state index contributed by atoms with van der Waals surface area (Å²) in [7, 11) is 0. The highest BCUT2D eigenvalue weighted by Gasteiger charge is 2.67. The van der Waals surface area contributed by atoms with Crippen LogP contribution in [0.2, 0.25) is 0 Å². The van der Waals surface area contributed by atoms with Gasteiger partial charge in [0, 0.05) is 13.0 Å². The second kappa shape index (κ2) is 7.68. The fraction of sp³-hybridized carbons (Fsp3) is 0.692.